The van der Waals surface area contributed by atoms with E-state index in [1.54, 1.807) is 44.4 Å². The van der Waals surface area contributed by atoms with Gasteiger partial charge in [0.05, 0.1) is 42.1 Å². The van der Waals surface area contributed by atoms with Gasteiger partial charge < -0.3 is 39.6 Å². The smallest absolute Gasteiger partial charge is 0.337 e. The zero-order chi connectivity index (χ0) is 32.4. The molecule has 0 spiro atoms. The van der Waals surface area contributed by atoms with Gasteiger partial charge in [0.1, 0.15) is 12.2 Å². The molecule has 3 fully saturated rings. The summed E-state index contributed by atoms with van der Waals surface area (Å²) in [7, 11) is 1.47. The molecule has 2 bridgehead atoms. The van der Waals surface area contributed by atoms with Gasteiger partial charge in [-0.2, -0.15) is 0 Å². The molecule has 44 heavy (non-hydrogen) atoms. The van der Waals surface area contributed by atoms with Crippen LogP contribution in [0, 0.1) is 28.1 Å². The second kappa shape index (κ2) is 11.4. The quantitative estimate of drug-likeness (QED) is 0.148. The fourth-order valence-electron chi connectivity index (χ4n) is 9.49. The summed E-state index contributed by atoms with van der Waals surface area (Å²) in [5, 5.41) is 38.9. The Hall–Kier alpha value is -2.41. The van der Waals surface area contributed by atoms with Gasteiger partial charge in [-0.15, -0.1) is 0 Å². The Morgan fingerprint density at radius 2 is 1.86 bits per heavy atom. The van der Waals surface area contributed by atoms with Gasteiger partial charge in [0.2, 0.25) is 0 Å². The lowest BCUT2D eigenvalue weighted by Gasteiger charge is -2.68. The van der Waals surface area contributed by atoms with Crippen LogP contribution in [0.3, 0.4) is 0 Å². The highest BCUT2D eigenvalue weighted by Gasteiger charge is 2.73. The normalized spacial score (nSPS) is 40.7. The lowest BCUT2D eigenvalue weighted by molar-refractivity contribution is -0.304. The number of ketones is 1. The molecule has 240 valence electrons. The average Bonchev–Trinajstić information content (AvgIpc) is 2.98. The van der Waals surface area contributed by atoms with Gasteiger partial charge >= 0.3 is 5.97 Å². The largest absolute Gasteiger partial charge is 0.456 e. The molecule has 1 aromatic rings. The first-order valence-corrected chi connectivity index (χ1v) is 15.5. The number of methoxy groups -OCH3 is 1. The second-order valence-electron chi connectivity index (χ2n) is 14.3. The maximum atomic E-state index is 14.5. The van der Waals surface area contributed by atoms with Gasteiger partial charge in [-0.05, 0) is 42.4 Å². The van der Waals surface area contributed by atoms with E-state index in [-0.39, 0.29) is 25.7 Å². The molecule has 11 heteroatoms. The number of carbonyl (C=O) groups is 3. The standard InChI is InChI=1S/C33H46BNO9/c1-17-20(44-29(40)26(38)24(35-34-16-36)19-11-9-8-10-12-19)14-33(41)18(2)27-31(5)15-43-21(31)13-22(42-7)32(27,6)28(39)25(37)23(17)30(33,3)4/h8-12,16,18,20-22,24-27,34-35,37-38,41H,13-15H2,1-7H3/t18-,20-,21+,22-,24-,25+,26+,27+,31+,32+,33+/m0/s1. The molecule has 4 N–H and O–H groups in total. The number of ether oxygens (including phenoxy) is 3. The van der Waals surface area contributed by atoms with Crippen molar-refractivity contribution in [1.29, 1.82) is 0 Å². The minimum atomic E-state index is -1.68. The van der Waals surface area contributed by atoms with E-state index in [1.165, 1.54) is 0 Å². The molecule has 0 radical (unpaired) electrons. The first-order chi connectivity index (χ1) is 20.6. The summed E-state index contributed by atoms with van der Waals surface area (Å²) in [5.74, 6) is -2.26. The van der Waals surface area contributed by atoms with Crippen LogP contribution in [0.1, 0.15) is 66.0 Å². The maximum absolute atomic E-state index is 14.5. The van der Waals surface area contributed by atoms with Crippen molar-refractivity contribution < 1.29 is 43.9 Å². The minimum Gasteiger partial charge on any atom is -0.456 e. The van der Waals surface area contributed by atoms with Crippen LogP contribution in [-0.2, 0) is 28.6 Å². The van der Waals surface area contributed by atoms with Gasteiger partial charge in [-0.1, -0.05) is 58.0 Å². The highest BCUT2D eigenvalue weighted by molar-refractivity contribution is 6.64. The van der Waals surface area contributed by atoms with Crippen LogP contribution in [0.25, 0.3) is 0 Å². The maximum Gasteiger partial charge on any atom is 0.337 e. The Kier molecular flexibility index (Phi) is 8.57. The molecule has 4 aliphatic rings. The van der Waals surface area contributed by atoms with E-state index in [1.807, 2.05) is 27.7 Å². The predicted molar refractivity (Wildman–Crippen MR) is 163 cm³/mol. The third kappa shape index (κ3) is 4.57. The Labute approximate surface area is 259 Å². The summed E-state index contributed by atoms with van der Waals surface area (Å²) in [6.45, 7) is 11.7. The van der Waals surface area contributed by atoms with Gasteiger partial charge in [0.15, 0.2) is 11.9 Å². The van der Waals surface area contributed by atoms with Crippen LogP contribution in [0.4, 0.5) is 0 Å². The summed E-state index contributed by atoms with van der Waals surface area (Å²) < 4.78 is 17.8. The molecule has 2 saturated carbocycles. The average molecular weight is 612 g/mol. The topological polar surface area (TPSA) is 152 Å². The van der Waals surface area contributed by atoms with Crippen LogP contribution in [0.15, 0.2) is 41.5 Å². The molecular weight excluding hydrogens is 565 g/mol. The highest BCUT2D eigenvalue weighted by Crippen LogP contribution is 2.67. The van der Waals surface area contributed by atoms with Crippen molar-refractivity contribution >= 4 is 25.4 Å². The molecule has 0 amide bonds. The fourth-order valence-corrected chi connectivity index (χ4v) is 9.49. The van der Waals surface area contributed by atoms with Crippen LogP contribution in [-0.4, -0.2) is 90.5 Å². The fraction of sp³-hybridized carbons (Fsp3) is 0.667. The molecule has 3 aliphatic carbocycles. The number of aliphatic hydroxyl groups is 3. The van der Waals surface area contributed by atoms with Crippen LogP contribution in [0.5, 0.6) is 0 Å². The summed E-state index contributed by atoms with van der Waals surface area (Å²) in [5.41, 5.74) is -2.79. The second-order valence-corrected chi connectivity index (χ2v) is 14.3. The van der Waals surface area contributed by atoms with Crippen molar-refractivity contribution in [1.82, 2.24) is 5.23 Å². The van der Waals surface area contributed by atoms with Crippen molar-refractivity contribution in [2.45, 2.75) is 96.5 Å². The lowest BCUT2D eigenvalue weighted by atomic mass is 9.40. The molecule has 10 nitrogen and oxygen atoms in total. The van der Waals surface area contributed by atoms with E-state index in [2.05, 4.69) is 12.2 Å². The molecule has 1 aromatic carbocycles. The van der Waals surface area contributed by atoms with Crippen molar-refractivity contribution in [2.24, 2.45) is 28.1 Å². The Bertz CT molecular complexity index is 1340. The molecular formula is C33H46BNO9. The Morgan fingerprint density at radius 3 is 2.43 bits per heavy atom. The number of rotatable bonds is 8. The Balaban J connectivity index is 1.57. The number of carbonyl (C=O) groups excluding carboxylic acids is 3. The SMILES string of the molecule is CO[C@H]1C[C@H]2OC[C@@]2(C)[C@H]2[C@H](C)[C@]3(O)C[C@H](OC(=O)[C@H](O)[C@@H](NBC=O)c4ccccc4)C(C)=C([C@@H](O)C(=O)[C@]12C)C3(C)C. The van der Waals surface area contributed by atoms with Crippen molar-refractivity contribution in [3.05, 3.63) is 47.0 Å². The van der Waals surface area contributed by atoms with E-state index < -0.39 is 70.1 Å². The van der Waals surface area contributed by atoms with E-state index in [0.29, 0.717) is 35.9 Å². The monoisotopic (exact) mass is 611 g/mol. The summed E-state index contributed by atoms with van der Waals surface area (Å²) in [6, 6.07) is 7.85. The first-order valence-electron chi connectivity index (χ1n) is 15.5. The number of hydrogen-bond acceptors (Lipinski definition) is 10. The molecule has 5 rings (SSSR count). The van der Waals surface area contributed by atoms with E-state index >= 15 is 0 Å². The van der Waals surface area contributed by atoms with E-state index in [4.69, 9.17) is 14.2 Å². The molecule has 11 atom stereocenters. The zero-order valence-electron chi connectivity index (χ0n) is 26.7. The third-order valence-electron chi connectivity index (χ3n) is 11.9. The summed E-state index contributed by atoms with van der Waals surface area (Å²) in [6.07, 6.45) is -3.83. The number of fused-ring (bicyclic) bond motifs is 5. The van der Waals surface area contributed by atoms with Crippen LogP contribution >= 0.6 is 0 Å². The van der Waals surface area contributed by atoms with Crippen molar-refractivity contribution in [3.63, 3.8) is 0 Å². The van der Waals surface area contributed by atoms with Gasteiger partial charge in [-0.3, -0.25) is 4.79 Å². The molecule has 1 aliphatic heterocycles. The van der Waals surface area contributed by atoms with Crippen LogP contribution in [0.2, 0.25) is 0 Å². The third-order valence-corrected chi connectivity index (χ3v) is 11.9. The predicted octanol–water partition coefficient (Wildman–Crippen LogP) is 1.64. The number of esters is 1. The molecule has 1 heterocycles. The number of hydrogen-bond donors (Lipinski definition) is 4. The molecule has 1 saturated heterocycles. The van der Waals surface area contributed by atoms with Crippen LogP contribution < -0.4 is 5.23 Å². The number of benzene rings is 1. The van der Waals surface area contributed by atoms with Gasteiger partial charge in [-0.25, -0.2) is 4.79 Å². The summed E-state index contributed by atoms with van der Waals surface area (Å²) >= 11 is 0. The highest BCUT2D eigenvalue weighted by atomic mass is 16.6. The molecule has 0 unspecified atom stereocenters. The molecule has 0 aromatic heterocycles. The number of aliphatic hydroxyl groups excluding tert-OH is 2. The first kappa shape index (κ1) is 33.0. The van der Waals surface area contributed by atoms with Crippen molar-refractivity contribution in [3.8, 4) is 0 Å². The van der Waals surface area contributed by atoms with E-state index in [9.17, 15) is 29.7 Å². The zero-order valence-corrected chi connectivity index (χ0v) is 26.7. The number of Topliss-reactive ketones (excluding diaryl/α,β-unsaturated/α-hetero) is 1. The Morgan fingerprint density at radius 1 is 1.20 bits per heavy atom. The number of nitrogens with one attached hydrogen (secondary N) is 1. The van der Waals surface area contributed by atoms with Crippen molar-refractivity contribution in [2.75, 3.05) is 13.7 Å². The lowest BCUT2D eigenvalue weighted by Crippen LogP contribution is -2.75. The van der Waals surface area contributed by atoms with Gasteiger partial charge in [0, 0.05) is 30.8 Å². The van der Waals surface area contributed by atoms with Gasteiger partial charge in [0.25, 0.3) is 7.41 Å². The van der Waals surface area contributed by atoms with E-state index in [0.717, 1.165) is 0 Å². The minimum absolute atomic E-state index is 0.000523. The summed E-state index contributed by atoms with van der Waals surface area (Å²) in [4.78, 5) is 39.2.